The number of guanidine groups is 1. The zero-order valence-corrected chi connectivity index (χ0v) is 18.5. The standard InChI is InChI=1S/C23H39N5O/c1-4-24-22(25-19-23(27(2)3)12-16-29-17-13-23)26-21-10-14-28(15-11-21)18-20-8-6-5-7-9-20/h5-9,21H,4,10-19H2,1-3H3,(H2,24,25,26). The third kappa shape index (κ3) is 6.43. The van der Waals surface area contributed by atoms with Crippen molar-refractivity contribution in [1.82, 2.24) is 20.4 Å². The highest BCUT2D eigenvalue weighted by atomic mass is 16.5. The number of aliphatic imine (C=N–C) groups is 1. The van der Waals surface area contributed by atoms with Gasteiger partial charge in [-0.05, 0) is 52.3 Å². The molecular weight excluding hydrogens is 362 g/mol. The molecule has 29 heavy (non-hydrogen) atoms. The molecule has 2 aliphatic rings. The Hall–Kier alpha value is -1.63. The van der Waals surface area contributed by atoms with Gasteiger partial charge >= 0.3 is 0 Å². The molecule has 6 heteroatoms. The third-order valence-corrected chi connectivity index (χ3v) is 6.43. The summed E-state index contributed by atoms with van der Waals surface area (Å²) in [5, 5.41) is 7.15. The van der Waals surface area contributed by atoms with Crippen LogP contribution in [0.15, 0.2) is 35.3 Å². The lowest BCUT2D eigenvalue weighted by Gasteiger charge is -2.42. The summed E-state index contributed by atoms with van der Waals surface area (Å²) < 4.78 is 5.59. The van der Waals surface area contributed by atoms with Crippen molar-refractivity contribution in [1.29, 1.82) is 0 Å². The van der Waals surface area contributed by atoms with Crippen LogP contribution < -0.4 is 10.6 Å². The molecule has 6 nitrogen and oxygen atoms in total. The second kappa shape index (κ2) is 11.0. The largest absolute Gasteiger partial charge is 0.381 e. The molecule has 2 heterocycles. The van der Waals surface area contributed by atoms with Crippen LogP contribution in [0.1, 0.15) is 38.2 Å². The molecule has 2 saturated heterocycles. The molecule has 2 aliphatic heterocycles. The summed E-state index contributed by atoms with van der Waals surface area (Å²) in [5.74, 6) is 0.960. The zero-order valence-electron chi connectivity index (χ0n) is 18.5. The summed E-state index contributed by atoms with van der Waals surface area (Å²) in [6, 6.07) is 11.3. The molecule has 0 bridgehead atoms. The van der Waals surface area contributed by atoms with Gasteiger partial charge in [0.25, 0.3) is 0 Å². The molecule has 0 saturated carbocycles. The predicted octanol–water partition coefficient (Wildman–Crippen LogP) is 2.32. The summed E-state index contributed by atoms with van der Waals surface area (Å²) in [6.45, 7) is 8.80. The Labute approximate surface area is 176 Å². The van der Waals surface area contributed by atoms with E-state index in [-0.39, 0.29) is 5.54 Å². The van der Waals surface area contributed by atoms with Gasteiger partial charge in [0.2, 0.25) is 0 Å². The highest BCUT2D eigenvalue weighted by Gasteiger charge is 2.34. The van der Waals surface area contributed by atoms with E-state index in [1.165, 1.54) is 5.56 Å². The second-order valence-corrected chi connectivity index (χ2v) is 8.61. The minimum Gasteiger partial charge on any atom is -0.381 e. The molecule has 0 aromatic heterocycles. The first-order valence-corrected chi connectivity index (χ1v) is 11.2. The number of likely N-dealkylation sites (tertiary alicyclic amines) is 1. The van der Waals surface area contributed by atoms with Crippen LogP contribution in [0.3, 0.4) is 0 Å². The topological polar surface area (TPSA) is 52.1 Å². The first kappa shape index (κ1) is 22.1. The lowest BCUT2D eigenvalue weighted by atomic mass is 9.89. The maximum atomic E-state index is 5.59. The van der Waals surface area contributed by atoms with Crippen LogP contribution in [0.5, 0.6) is 0 Å². The number of nitrogens with one attached hydrogen (secondary N) is 2. The molecule has 0 amide bonds. The fraction of sp³-hybridized carbons (Fsp3) is 0.696. The van der Waals surface area contributed by atoms with E-state index in [2.05, 4.69) is 71.8 Å². The van der Waals surface area contributed by atoms with Crippen LogP contribution in [0.25, 0.3) is 0 Å². The van der Waals surface area contributed by atoms with Gasteiger partial charge in [-0.1, -0.05) is 30.3 Å². The van der Waals surface area contributed by atoms with Crippen molar-refractivity contribution in [3.05, 3.63) is 35.9 Å². The Kier molecular flexibility index (Phi) is 8.33. The summed E-state index contributed by atoms with van der Waals surface area (Å²) in [5.41, 5.74) is 1.51. The van der Waals surface area contributed by atoms with Crippen molar-refractivity contribution in [3.8, 4) is 0 Å². The molecule has 162 valence electrons. The SMILES string of the molecule is CCNC(=NCC1(N(C)C)CCOCC1)NC1CCN(Cc2ccccc2)CC1. The molecule has 1 aromatic rings. The van der Waals surface area contributed by atoms with Crippen LogP contribution in [0, 0.1) is 0 Å². The van der Waals surface area contributed by atoms with Gasteiger partial charge in [0.1, 0.15) is 0 Å². The Balaban J connectivity index is 1.52. The zero-order chi connectivity index (χ0) is 20.5. The first-order valence-electron chi connectivity index (χ1n) is 11.2. The molecule has 0 unspecified atom stereocenters. The number of hydrogen-bond acceptors (Lipinski definition) is 4. The van der Waals surface area contributed by atoms with E-state index in [0.717, 1.165) is 77.6 Å². The van der Waals surface area contributed by atoms with E-state index in [4.69, 9.17) is 9.73 Å². The molecule has 0 radical (unpaired) electrons. The van der Waals surface area contributed by atoms with E-state index in [1.807, 2.05) is 0 Å². The normalized spacial score (nSPS) is 21.3. The summed E-state index contributed by atoms with van der Waals surface area (Å²) in [7, 11) is 4.34. The Morgan fingerprint density at radius 3 is 2.48 bits per heavy atom. The fourth-order valence-corrected chi connectivity index (χ4v) is 4.31. The number of benzene rings is 1. The average Bonchev–Trinajstić information content (AvgIpc) is 2.75. The van der Waals surface area contributed by atoms with Crippen molar-refractivity contribution in [2.75, 3.05) is 53.5 Å². The number of rotatable bonds is 7. The second-order valence-electron chi connectivity index (χ2n) is 8.61. The smallest absolute Gasteiger partial charge is 0.191 e. The minimum atomic E-state index is 0.111. The number of likely N-dealkylation sites (N-methyl/N-ethyl adjacent to an activating group) is 1. The number of ether oxygens (including phenoxy) is 1. The molecule has 2 fully saturated rings. The molecule has 0 atom stereocenters. The maximum Gasteiger partial charge on any atom is 0.191 e. The van der Waals surface area contributed by atoms with E-state index >= 15 is 0 Å². The molecule has 1 aromatic carbocycles. The van der Waals surface area contributed by atoms with E-state index in [9.17, 15) is 0 Å². The van der Waals surface area contributed by atoms with Crippen molar-refractivity contribution in [2.24, 2.45) is 4.99 Å². The van der Waals surface area contributed by atoms with Gasteiger partial charge in [-0.2, -0.15) is 0 Å². The average molecular weight is 402 g/mol. The lowest BCUT2D eigenvalue weighted by Crippen LogP contribution is -2.52. The summed E-state index contributed by atoms with van der Waals surface area (Å²) in [4.78, 5) is 9.89. The minimum absolute atomic E-state index is 0.111. The van der Waals surface area contributed by atoms with Gasteiger partial charge in [-0.15, -0.1) is 0 Å². The lowest BCUT2D eigenvalue weighted by molar-refractivity contribution is -0.00256. The molecule has 0 aliphatic carbocycles. The van der Waals surface area contributed by atoms with Crippen molar-refractivity contribution >= 4 is 5.96 Å². The van der Waals surface area contributed by atoms with Gasteiger partial charge in [0, 0.05) is 51.0 Å². The monoisotopic (exact) mass is 401 g/mol. The quantitative estimate of drug-likeness (QED) is 0.542. The Bertz CT molecular complexity index is 619. The van der Waals surface area contributed by atoms with Gasteiger partial charge in [0.05, 0.1) is 6.54 Å². The van der Waals surface area contributed by atoms with Crippen LogP contribution in [0.2, 0.25) is 0 Å². The highest BCUT2D eigenvalue weighted by molar-refractivity contribution is 5.80. The highest BCUT2D eigenvalue weighted by Crippen LogP contribution is 2.26. The van der Waals surface area contributed by atoms with Crippen molar-refractivity contribution < 1.29 is 4.74 Å². The van der Waals surface area contributed by atoms with E-state index < -0.39 is 0 Å². The maximum absolute atomic E-state index is 5.59. The van der Waals surface area contributed by atoms with Gasteiger partial charge in [-0.25, -0.2) is 0 Å². The third-order valence-electron chi connectivity index (χ3n) is 6.43. The summed E-state index contributed by atoms with van der Waals surface area (Å²) in [6.07, 6.45) is 4.40. The number of nitrogens with zero attached hydrogens (tertiary/aromatic N) is 3. The molecule has 2 N–H and O–H groups in total. The van der Waals surface area contributed by atoms with Crippen molar-refractivity contribution in [3.63, 3.8) is 0 Å². The Morgan fingerprint density at radius 2 is 1.86 bits per heavy atom. The van der Waals surface area contributed by atoms with Crippen molar-refractivity contribution in [2.45, 2.75) is 50.7 Å². The van der Waals surface area contributed by atoms with Crippen LogP contribution in [0.4, 0.5) is 0 Å². The van der Waals surface area contributed by atoms with Crippen LogP contribution in [-0.4, -0.2) is 80.8 Å². The van der Waals surface area contributed by atoms with Crippen LogP contribution in [-0.2, 0) is 11.3 Å². The van der Waals surface area contributed by atoms with Gasteiger partial charge in [-0.3, -0.25) is 9.89 Å². The number of piperidine rings is 1. The van der Waals surface area contributed by atoms with Crippen LogP contribution >= 0.6 is 0 Å². The Morgan fingerprint density at radius 1 is 1.17 bits per heavy atom. The van der Waals surface area contributed by atoms with Gasteiger partial charge < -0.3 is 20.3 Å². The molecular formula is C23H39N5O. The summed E-state index contributed by atoms with van der Waals surface area (Å²) >= 11 is 0. The van der Waals surface area contributed by atoms with E-state index in [1.54, 1.807) is 0 Å². The number of hydrogen-bond donors (Lipinski definition) is 2. The fourth-order valence-electron chi connectivity index (χ4n) is 4.31. The van der Waals surface area contributed by atoms with E-state index in [0.29, 0.717) is 6.04 Å². The van der Waals surface area contributed by atoms with Gasteiger partial charge in [0.15, 0.2) is 5.96 Å². The first-order chi connectivity index (χ1) is 14.1. The molecule has 3 rings (SSSR count). The molecule has 0 spiro atoms. The predicted molar refractivity (Wildman–Crippen MR) is 120 cm³/mol.